The summed E-state index contributed by atoms with van der Waals surface area (Å²) >= 11 is 0. The average molecular weight is 374 g/mol. The van der Waals surface area contributed by atoms with Crippen molar-refractivity contribution in [1.82, 2.24) is 10.1 Å². The third kappa shape index (κ3) is 3.94. The lowest BCUT2D eigenvalue weighted by atomic mass is 10.2. The van der Waals surface area contributed by atoms with Gasteiger partial charge >= 0.3 is 0 Å². The third-order valence-electron chi connectivity index (χ3n) is 3.58. The Morgan fingerprint density at radius 3 is 2.46 bits per heavy atom. The number of aryl methyl sites for hydroxylation is 2. The molecular formula is C17H18N4O4S. The molecule has 0 aliphatic carbocycles. The van der Waals surface area contributed by atoms with Crippen LogP contribution in [0.1, 0.15) is 11.3 Å². The zero-order valence-electron chi connectivity index (χ0n) is 14.5. The lowest BCUT2D eigenvalue weighted by Gasteiger charge is -2.11. The van der Waals surface area contributed by atoms with Crippen LogP contribution in [0.4, 0.5) is 17.3 Å². The predicted octanol–water partition coefficient (Wildman–Crippen LogP) is 3.24. The Bertz CT molecular complexity index is 1010. The molecule has 2 N–H and O–H groups in total. The van der Waals surface area contributed by atoms with E-state index in [1.54, 1.807) is 44.2 Å². The van der Waals surface area contributed by atoms with E-state index in [0.29, 0.717) is 28.8 Å². The van der Waals surface area contributed by atoms with Gasteiger partial charge in [-0.3, -0.25) is 4.72 Å². The molecule has 0 amide bonds. The molecule has 0 saturated carbocycles. The minimum atomic E-state index is -3.72. The van der Waals surface area contributed by atoms with Crippen LogP contribution in [-0.2, 0) is 10.0 Å². The van der Waals surface area contributed by atoms with E-state index < -0.39 is 10.0 Å². The summed E-state index contributed by atoms with van der Waals surface area (Å²) in [6, 6.07) is 9.64. The van der Waals surface area contributed by atoms with Gasteiger partial charge in [-0.2, -0.15) is 0 Å². The quantitative estimate of drug-likeness (QED) is 0.682. The van der Waals surface area contributed by atoms with Crippen molar-refractivity contribution in [2.45, 2.75) is 18.7 Å². The minimum Gasteiger partial charge on any atom is -0.496 e. The van der Waals surface area contributed by atoms with Gasteiger partial charge in [0.1, 0.15) is 17.3 Å². The molecule has 0 saturated heterocycles. The smallest absolute Gasteiger partial charge is 0.261 e. The molecule has 2 heterocycles. The molecule has 9 heteroatoms. The summed E-state index contributed by atoms with van der Waals surface area (Å²) in [7, 11) is -2.18. The van der Waals surface area contributed by atoms with Crippen LogP contribution in [-0.4, -0.2) is 25.7 Å². The number of benzene rings is 1. The summed E-state index contributed by atoms with van der Waals surface area (Å²) in [4.78, 5) is 4.32. The van der Waals surface area contributed by atoms with Crippen molar-refractivity contribution in [3.8, 4) is 5.75 Å². The lowest BCUT2D eigenvalue weighted by Crippen LogP contribution is -2.13. The first-order valence-electron chi connectivity index (χ1n) is 7.71. The van der Waals surface area contributed by atoms with E-state index in [0.717, 1.165) is 5.56 Å². The summed E-state index contributed by atoms with van der Waals surface area (Å²) in [6.45, 7) is 3.57. The third-order valence-corrected chi connectivity index (χ3v) is 4.96. The van der Waals surface area contributed by atoms with Gasteiger partial charge in [-0.1, -0.05) is 5.16 Å². The summed E-state index contributed by atoms with van der Waals surface area (Å²) in [5.41, 5.74) is 1.08. The molecule has 0 spiro atoms. The fourth-order valence-electron chi connectivity index (χ4n) is 2.32. The van der Waals surface area contributed by atoms with Crippen molar-refractivity contribution >= 4 is 27.3 Å². The molecule has 0 radical (unpaired) electrons. The summed E-state index contributed by atoms with van der Waals surface area (Å²) in [5, 5.41) is 6.77. The van der Waals surface area contributed by atoms with Crippen molar-refractivity contribution in [3.63, 3.8) is 0 Å². The van der Waals surface area contributed by atoms with Gasteiger partial charge in [-0.15, -0.1) is 0 Å². The Morgan fingerprint density at radius 2 is 1.88 bits per heavy atom. The molecular weight excluding hydrogens is 356 g/mol. The first kappa shape index (κ1) is 17.7. The number of pyridine rings is 1. The number of hydrogen-bond acceptors (Lipinski definition) is 7. The second-order valence-corrected chi connectivity index (χ2v) is 7.30. The predicted molar refractivity (Wildman–Crippen MR) is 97.3 cm³/mol. The van der Waals surface area contributed by atoms with E-state index in [1.165, 1.54) is 19.4 Å². The van der Waals surface area contributed by atoms with Crippen LogP contribution in [0.25, 0.3) is 0 Å². The van der Waals surface area contributed by atoms with E-state index in [2.05, 4.69) is 20.2 Å². The van der Waals surface area contributed by atoms with Gasteiger partial charge in [0.05, 0.1) is 23.9 Å². The number of sulfonamides is 1. The van der Waals surface area contributed by atoms with Gasteiger partial charge in [-0.05, 0) is 49.7 Å². The number of aromatic nitrogens is 2. The average Bonchev–Trinajstić information content (AvgIpc) is 3.01. The molecule has 1 aromatic carbocycles. The van der Waals surface area contributed by atoms with Crippen molar-refractivity contribution in [3.05, 3.63) is 53.9 Å². The van der Waals surface area contributed by atoms with Gasteiger partial charge in [0.2, 0.25) is 0 Å². The highest BCUT2D eigenvalue weighted by Crippen LogP contribution is 2.23. The molecule has 8 nitrogen and oxygen atoms in total. The Balaban J connectivity index is 1.74. The van der Waals surface area contributed by atoms with E-state index in [1.807, 2.05) is 0 Å². The summed E-state index contributed by atoms with van der Waals surface area (Å²) in [5.74, 6) is 2.34. The van der Waals surface area contributed by atoms with Crippen molar-refractivity contribution in [2.24, 2.45) is 0 Å². The highest BCUT2D eigenvalue weighted by atomic mass is 32.2. The number of methoxy groups -OCH3 is 1. The number of anilines is 3. The first-order chi connectivity index (χ1) is 12.4. The lowest BCUT2D eigenvalue weighted by molar-refractivity contribution is 0.400. The second-order valence-electron chi connectivity index (χ2n) is 5.62. The summed E-state index contributed by atoms with van der Waals surface area (Å²) < 4.78 is 37.6. The molecule has 0 bridgehead atoms. The standard InChI is InChI=1S/C17H18N4O4S/c1-11-8-14(5-6-15(11)24-3)26(22,23)21-13-4-7-16(18-10-13)19-17-9-12(2)25-20-17/h4-10,21H,1-3H3,(H,18,19,20). The van der Waals surface area contributed by atoms with Crippen LogP contribution in [0.3, 0.4) is 0 Å². The van der Waals surface area contributed by atoms with Gasteiger partial charge in [-0.25, -0.2) is 13.4 Å². The maximum absolute atomic E-state index is 12.5. The van der Waals surface area contributed by atoms with Crippen LogP contribution in [0.15, 0.2) is 52.0 Å². The zero-order valence-corrected chi connectivity index (χ0v) is 15.3. The van der Waals surface area contributed by atoms with Crippen LogP contribution >= 0.6 is 0 Å². The van der Waals surface area contributed by atoms with Gasteiger partial charge in [0, 0.05) is 6.07 Å². The van der Waals surface area contributed by atoms with Crippen molar-refractivity contribution in [2.75, 3.05) is 17.1 Å². The number of hydrogen-bond donors (Lipinski definition) is 2. The molecule has 136 valence electrons. The van der Waals surface area contributed by atoms with Crippen LogP contribution < -0.4 is 14.8 Å². The Hall–Kier alpha value is -3.07. The van der Waals surface area contributed by atoms with E-state index >= 15 is 0 Å². The van der Waals surface area contributed by atoms with Gasteiger partial charge in [0.15, 0.2) is 5.82 Å². The van der Waals surface area contributed by atoms with Crippen molar-refractivity contribution in [1.29, 1.82) is 0 Å². The van der Waals surface area contributed by atoms with Crippen LogP contribution in [0.5, 0.6) is 5.75 Å². The fourth-order valence-corrected chi connectivity index (χ4v) is 3.44. The molecule has 0 atom stereocenters. The van der Waals surface area contributed by atoms with Crippen LogP contribution in [0, 0.1) is 13.8 Å². The topological polar surface area (TPSA) is 106 Å². The molecule has 0 aliphatic heterocycles. The maximum Gasteiger partial charge on any atom is 0.261 e. The molecule has 2 aromatic heterocycles. The molecule has 0 unspecified atom stereocenters. The van der Waals surface area contributed by atoms with E-state index in [4.69, 9.17) is 9.26 Å². The largest absolute Gasteiger partial charge is 0.496 e. The number of ether oxygens (including phenoxy) is 1. The van der Waals surface area contributed by atoms with Crippen molar-refractivity contribution < 1.29 is 17.7 Å². The SMILES string of the molecule is COc1ccc(S(=O)(=O)Nc2ccc(Nc3cc(C)on3)nc2)cc1C. The number of nitrogens with zero attached hydrogens (tertiary/aromatic N) is 2. The highest BCUT2D eigenvalue weighted by Gasteiger charge is 2.16. The Morgan fingerprint density at radius 1 is 1.08 bits per heavy atom. The second kappa shape index (κ2) is 7.04. The van der Waals surface area contributed by atoms with Gasteiger partial charge in [0.25, 0.3) is 10.0 Å². The van der Waals surface area contributed by atoms with Gasteiger partial charge < -0.3 is 14.6 Å². The highest BCUT2D eigenvalue weighted by molar-refractivity contribution is 7.92. The summed E-state index contributed by atoms with van der Waals surface area (Å²) in [6.07, 6.45) is 1.42. The number of rotatable bonds is 6. The fraction of sp³-hybridized carbons (Fsp3) is 0.176. The molecule has 0 aliphatic rings. The Kier molecular flexibility index (Phi) is 4.81. The molecule has 3 aromatic rings. The van der Waals surface area contributed by atoms with E-state index in [9.17, 15) is 8.42 Å². The first-order valence-corrected chi connectivity index (χ1v) is 9.19. The van der Waals surface area contributed by atoms with E-state index in [-0.39, 0.29) is 4.90 Å². The zero-order chi connectivity index (χ0) is 18.7. The number of nitrogens with one attached hydrogen (secondary N) is 2. The van der Waals surface area contributed by atoms with Crippen LogP contribution in [0.2, 0.25) is 0 Å². The molecule has 0 fully saturated rings. The molecule has 3 rings (SSSR count). The maximum atomic E-state index is 12.5. The normalized spacial score (nSPS) is 11.2. The monoisotopic (exact) mass is 374 g/mol. The Labute approximate surface area is 151 Å². The minimum absolute atomic E-state index is 0.149. The molecule has 26 heavy (non-hydrogen) atoms.